The monoisotopic (exact) mass is 267 g/mol. The van der Waals surface area contributed by atoms with Gasteiger partial charge in [-0.2, -0.15) is 0 Å². The van der Waals surface area contributed by atoms with Gasteiger partial charge in [-0.25, -0.2) is 0 Å². The summed E-state index contributed by atoms with van der Waals surface area (Å²) >= 11 is 3.56. The Hall–Kier alpha value is -0.600. The van der Waals surface area contributed by atoms with Crippen molar-refractivity contribution in [1.29, 1.82) is 0 Å². The zero-order valence-corrected chi connectivity index (χ0v) is 11.1. The molecular formula is C13H18BrN. The first-order valence-corrected chi connectivity index (χ1v) is 6.01. The first-order valence-electron chi connectivity index (χ1n) is 5.22. The molecule has 0 aliphatic heterocycles. The second-order valence-electron chi connectivity index (χ2n) is 3.93. The third-order valence-corrected chi connectivity index (χ3v) is 3.03. The third-order valence-electron chi connectivity index (χ3n) is 2.31. The number of nitrogens with one attached hydrogen (secondary N) is 1. The van der Waals surface area contributed by atoms with Crippen molar-refractivity contribution >= 4 is 15.9 Å². The fourth-order valence-corrected chi connectivity index (χ4v) is 2.00. The predicted molar refractivity (Wildman–Crippen MR) is 70.0 cm³/mol. The number of hydrogen-bond acceptors (Lipinski definition) is 1. The maximum Gasteiger partial charge on any atom is 0.0305 e. The number of rotatable bonds is 4. The van der Waals surface area contributed by atoms with Gasteiger partial charge >= 0.3 is 0 Å². The van der Waals surface area contributed by atoms with Gasteiger partial charge in [-0.1, -0.05) is 45.8 Å². The highest BCUT2D eigenvalue weighted by Crippen LogP contribution is 2.22. The molecule has 0 aliphatic rings. The summed E-state index contributed by atoms with van der Waals surface area (Å²) in [5, 5.41) is 3.46. The van der Waals surface area contributed by atoms with E-state index in [0.717, 1.165) is 6.54 Å². The van der Waals surface area contributed by atoms with E-state index in [2.05, 4.69) is 66.3 Å². The lowest BCUT2D eigenvalue weighted by molar-refractivity contribution is 0.614. The Balaban J connectivity index is 2.58. The second kappa shape index (κ2) is 6.09. The summed E-state index contributed by atoms with van der Waals surface area (Å²) in [7, 11) is 0. The lowest BCUT2D eigenvalue weighted by atomic mass is 10.1. The van der Waals surface area contributed by atoms with Crippen LogP contribution >= 0.6 is 15.9 Å². The minimum absolute atomic E-state index is 0.371. The lowest BCUT2D eigenvalue weighted by Crippen LogP contribution is -2.19. The average Bonchev–Trinajstić information content (AvgIpc) is 2.17. The Kier molecular flexibility index (Phi) is 5.06. The topological polar surface area (TPSA) is 12.0 Å². The van der Waals surface area contributed by atoms with Gasteiger partial charge < -0.3 is 5.32 Å². The largest absolute Gasteiger partial charge is 0.307 e. The summed E-state index contributed by atoms with van der Waals surface area (Å²) in [6.07, 6.45) is 2.20. The van der Waals surface area contributed by atoms with Crippen molar-refractivity contribution in [2.45, 2.75) is 26.8 Å². The number of hydrogen-bond donors (Lipinski definition) is 1. The molecule has 0 saturated carbocycles. The van der Waals surface area contributed by atoms with Crippen LogP contribution in [0.4, 0.5) is 0 Å². The molecule has 2 heteroatoms. The molecule has 0 radical (unpaired) electrons. The molecule has 0 heterocycles. The van der Waals surface area contributed by atoms with Crippen molar-refractivity contribution in [3.05, 3.63) is 46.0 Å². The maximum absolute atomic E-state index is 3.56. The Labute approximate surface area is 101 Å². The van der Waals surface area contributed by atoms with E-state index >= 15 is 0 Å². The highest BCUT2D eigenvalue weighted by molar-refractivity contribution is 9.10. The molecule has 0 bridgehead atoms. The quantitative estimate of drug-likeness (QED) is 0.812. The van der Waals surface area contributed by atoms with E-state index < -0.39 is 0 Å². The van der Waals surface area contributed by atoms with Gasteiger partial charge in [0.25, 0.3) is 0 Å². The fraction of sp³-hybridized carbons (Fsp3) is 0.385. The maximum atomic E-state index is 3.56. The first kappa shape index (κ1) is 12.5. The van der Waals surface area contributed by atoms with Crippen molar-refractivity contribution < 1.29 is 0 Å². The van der Waals surface area contributed by atoms with Crippen molar-refractivity contribution in [3.8, 4) is 0 Å². The zero-order chi connectivity index (χ0) is 11.3. The van der Waals surface area contributed by atoms with Crippen LogP contribution in [0, 0.1) is 0 Å². The fourth-order valence-electron chi connectivity index (χ4n) is 1.38. The summed E-state index contributed by atoms with van der Waals surface area (Å²) in [4.78, 5) is 0. The lowest BCUT2D eigenvalue weighted by Gasteiger charge is -2.14. The molecule has 1 aromatic carbocycles. The van der Waals surface area contributed by atoms with E-state index in [-0.39, 0.29) is 0 Å². The highest BCUT2D eigenvalue weighted by Gasteiger charge is 2.06. The van der Waals surface area contributed by atoms with Crippen LogP contribution in [0.25, 0.3) is 0 Å². The second-order valence-corrected chi connectivity index (χ2v) is 4.79. The van der Waals surface area contributed by atoms with Crippen LogP contribution in [0.5, 0.6) is 0 Å². The van der Waals surface area contributed by atoms with Gasteiger partial charge in [0.2, 0.25) is 0 Å². The molecule has 1 rings (SSSR count). The number of benzene rings is 1. The van der Waals surface area contributed by atoms with Crippen molar-refractivity contribution in [1.82, 2.24) is 5.32 Å². The molecule has 1 aromatic rings. The normalized spacial score (nSPS) is 12.3. The van der Waals surface area contributed by atoms with E-state index in [0.29, 0.717) is 6.04 Å². The summed E-state index contributed by atoms with van der Waals surface area (Å²) in [6, 6.07) is 8.70. The summed E-state index contributed by atoms with van der Waals surface area (Å²) < 4.78 is 1.17. The molecule has 1 unspecified atom stereocenters. The van der Waals surface area contributed by atoms with Crippen molar-refractivity contribution in [2.24, 2.45) is 0 Å². The molecule has 0 fully saturated rings. The molecule has 0 amide bonds. The van der Waals surface area contributed by atoms with Gasteiger partial charge in [-0.3, -0.25) is 0 Å². The van der Waals surface area contributed by atoms with Crippen LogP contribution in [0.1, 0.15) is 32.4 Å². The molecular weight excluding hydrogens is 250 g/mol. The first-order chi connectivity index (χ1) is 7.11. The van der Waals surface area contributed by atoms with Gasteiger partial charge in [0.15, 0.2) is 0 Å². The zero-order valence-electron chi connectivity index (χ0n) is 9.55. The van der Waals surface area contributed by atoms with Crippen LogP contribution in [0.15, 0.2) is 40.4 Å². The highest BCUT2D eigenvalue weighted by atomic mass is 79.9. The Morgan fingerprint density at radius 2 is 2.07 bits per heavy atom. The van der Waals surface area contributed by atoms with Crippen LogP contribution in [-0.4, -0.2) is 6.54 Å². The average molecular weight is 268 g/mol. The summed E-state index contributed by atoms with van der Waals surface area (Å²) in [6.45, 7) is 7.33. The molecule has 0 saturated heterocycles. The molecule has 1 N–H and O–H groups in total. The smallest absolute Gasteiger partial charge is 0.0305 e. The van der Waals surface area contributed by atoms with Gasteiger partial charge in [-0.05, 0) is 32.4 Å². The van der Waals surface area contributed by atoms with Crippen LogP contribution < -0.4 is 5.32 Å². The van der Waals surface area contributed by atoms with Crippen LogP contribution in [0.3, 0.4) is 0 Å². The van der Waals surface area contributed by atoms with E-state index in [1.165, 1.54) is 15.6 Å². The molecule has 0 aromatic heterocycles. The summed E-state index contributed by atoms with van der Waals surface area (Å²) in [5.74, 6) is 0. The predicted octanol–water partition coefficient (Wildman–Crippen LogP) is 4.07. The van der Waals surface area contributed by atoms with Gasteiger partial charge in [0.1, 0.15) is 0 Å². The van der Waals surface area contributed by atoms with Crippen molar-refractivity contribution in [3.63, 3.8) is 0 Å². The minimum atomic E-state index is 0.371. The number of halogens is 1. The molecule has 1 nitrogen and oxygen atoms in total. The Bertz CT molecular complexity index is 340. The SMILES string of the molecule is CC(C)=CCNC(C)c1ccccc1Br. The molecule has 15 heavy (non-hydrogen) atoms. The molecule has 82 valence electrons. The molecule has 1 atom stereocenters. The van der Waals surface area contributed by atoms with Gasteiger partial charge in [0.05, 0.1) is 0 Å². The minimum Gasteiger partial charge on any atom is -0.307 e. The third kappa shape index (κ3) is 4.18. The Morgan fingerprint density at radius 1 is 1.40 bits per heavy atom. The van der Waals surface area contributed by atoms with E-state index in [9.17, 15) is 0 Å². The summed E-state index contributed by atoms with van der Waals surface area (Å²) in [5.41, 5.74) is 2.65. The van der Waals surface area contributed by atoms with Crippen LogP contribution in [-0.2, 0) is 0 Å². The number of allylic oxidation sites excluding steroid dienone is 1. The van der Waals surface area contributed by atoms with Gasteiger partial charge in [0, 0.05) is 17.1 Å². The van der Waals surface area contributed by atoms with E-state index in [4.69, 9.17) is 0 Å². The van der Waals surface area contributed by atoms with Gasteiger partial charge in [-0.15, -0.1) is 0 Å². The molecule has 0 spiro atoms. The van der Waals surface area contributed by atoms with Crippen LogP contribution in [0.2, 0.25) is 0 Å². The van der Waals surface area contributed by atoms with E-state index in [1.54, 1.807) is 0 Å². The Morgan fingerprint density at radius 3 is 2.67 bits per heavy atom. The van der Waals surface area contributed by atoms with E-state index in [1.807, 2.05) is 6.07 Å². The molecule has 0 aliphatic carbocycles. The standard InChI is InChI=1S/C13H18BrN/c1-10(2)8-9-15-11(3)12-6-4-5-7-13(12)14/h4-8,11,15H,9H2,1-3H3. The van der Waals surface area contributed by atoms with Crippen molar-refractivity contribution in [2.75, 3.05) is 6.54 Å².